The fraction of sp³-hybridized carbons (Fsp3) is 1.00. The van der Waals surface area contributed by atoms with Crippen LogP contribution in [0.5, 0.6) is 0 Å². The van der Waals surface area contributed by atoms with Crippen LogP contribution in [0.4, 0.5) is 0 Å². The van der Waals surface area contributed by atoms with E-state index in [0.717, 1.165) is 6.04 Å². The molecule has 0 aromatic heterocycles. The highest BCUT2D eigenvalue weighted by molar-refractivity contribution is 4.99. The maximum atomic E-state index is 3.52. The highest BCUT2D eigenvalue weighted by Gasteiger charge is 2.42. The van der Waals surface area contributed by atoms with Crippen LogP contribution in [0.3, 0.4) is 0 Å². The third-order valence-corrected chi connectivity index (χ3v) is 4.05. The molecule has 0 spiro atoms. The lowest BCUT2D eigenvalue weighted by molar-refractivity contribution is 0.175. The predicted molar refractivity (Wildman–Crippen MR) is 67.2 cm³/mol. The monoisotopic (exact) mass is 212 g/mol. The third-order valence-electron chi connectivity index (χ3n) is 4.05. The average molecular weight is 212 g/mol. The van der Waals surface area contributed by atoms with Crippen molar-refractivity contribution in [3.05, 3.63) is 0 Å². The molecule has 1 aliphatic carbocycles. The van der Waals surface area contributed by atoms with Gasteiger partial charge in [-0.2, -0.15) is 0 Å². The van der Waals surface area contributed by atoms with E-state index in [0.29, 0.717) is 11.5 Å². The van der Waals surface area contributed by atoms with Crippen LogP contribution >= 0.6 is 0 Å². The Bertz CT molecular complexity index is 189. The minimum atomic E-state index is 0.458. The molecule has 2 heteroatoms. The van der Waals surface area contributed by atoms with Gasteiger partial charge in [0.05, 0.1) is 0 Å². The lowest BCUT2D eigenvalue weighted by Gasteiger charge is -2.35. The minimum Gasteiger partial charge on any atom is -0.315 e. The molecule has 0 aliphatic heterocycles. The van der Waals surface area contributed by atoms with Crippen molar-refractivity contribution in [1.29, 1.82) is 0 Å². The highest BCUT2D eigenvalue weighted by atomic mass is 15.2. The van der Waals surface area contributed by atoms with Gasteiger partial charge >= 0.3 is 0 Å². The lowest BCUT2D eigenvalue weighted by Crippen LogP contribution is -2.49. The van der Waals surface area contributed by atoms with E-state index in [9.17, 15) is 0 Å². The van der Waals surface area contributed by atoms with Crippen molar-refractivity contribution in [2.24, 2.45) is 5.41 Å². The van der Waals surface area contributed by atoms with E-state index in [-0.39, 0.29) is 0 Å². The summed E-state index contributed by atoms with van der Waals surface area (Å²) in [6.07, 6.45) is 5.31. The van der Waals surface area contributed by atoms with Gasteiger partial charge in [0.25, 0.3) is 0 Å². The quantitative estimate of drug-likeness (QED) is 0.753. The summed E-state index contributed by atoms with van der Waals surface area (Å²) in [5.74, 6) is 0. The minimum absolute atomic E-state index is 0.458. The van der Waals surface area contributed by atoms with Crippen molar-refractivity contribution in [3.63, 3.8) is 0 Å². The van der Waals surface area contributed by atoms with Gasteiger partial charge in [-0.15, -0.1) is 0 Å². The largest absolute Gasteiger partial charge is 0.315 e. The van der Waals surface area contributed by atoms with Gasteiger partial charge in [-0.25, -0.2) is 0 Å². The first-order valence-electron chi connectivity index (χ1n) is 6.40. The van der Waals surface area contributed by atoms with E-state index in [1.54, 1.807) is 0 Å². The van der Waals surface area contributed by atoms with Gasteiger partial charge in [-0.3, -0.25) is 0 Å². The van der Waals surface area contributed by atoms with E-state index in [1.165, 1.54) is 32.2 Å². The number of nitrogens with zero attached hydrogens (tertiary/aromatic N) is 1. The molecular formula is C13H28N2. The first-order valence-corrected chi connectivity index (χ1v) is 6.40. The Kier molecular flexibility index (Phi) is 4.60. The highest BCUT2D eigenvalue weighted by Crippen LogP contribution is 2.39. The fourth-order valence-corrected chi connectivity index (χ4v) is 2.99. The molecule has 1 fully saturated rings. The fourth-order valence-electron chi connectivity index (χ4n) is 2.99. The molecule has 0 bridgehead atoms. The summed E-state index contributed by atoms with van der Waals surface area (Å²) in [6.45, 7) is 8.29. The van der Waals surface area contributed by atoms with Crippen molar-refractivity contribution in [3.8, 4) is 0 Å². The van der Waals surface area contributed by atoms with Crippen LogP contribution in [-0.2, 0) is 0 Å². The second-order valence-electron chi connectivity index (χ2n) is 5.70. The zero-order valence-corrected chi connectivity index (χ0v) is 11.1. The maximum absolute atomic E-state index is 3.52. The Morgan fingerprint density at radius 2 is 2.07 bits per heavy atom. The summed E-state index contributed by atoms with van der Waals surface area (Å²) >= 11 is 0. The zero-order chi connectivity index (χ0) is 11.5. The van der Waals surface area contributed by atoms with Gasteiger partial charge in [-0.05, 0) is 45.3 Å². The summed E-state index contributed by atoms with van der Waals surface area (Å²) < 4.78 is 0. The molecule has 0 amide bonds. The Labute approximate surface area is 95.4 Å². The van der Waals surface area contributed by atoms with Crippen LogP contribution in [0.15, 0.2) is 0 Å². The summed E-state index contributed by atoms with van der Waals surface area (Å²) in [4.78, 5) is 2.55. The van der Waals surface area contributed by atoms with Crippen molar-refractivity contribution in [1.82, 2.24) is 10.2 Å². The molecule has 2 nitrogen and oxygen atoms in total. The van der Waals surface area contributed by atoms with E-state index in [1.807, 2.05) is 0 Å². The smallest absolute Gasteiger partial charge is 0.0271 e. The molecular weight excluding hydrogens is 184 g/mol. The standard InChI is InChI=1S/C13H28N2/c1-6-7-10-15(5)11-8-9-13(2,3)12(11)14-4/h11-12,14H,6-10H2,1-5H3. The Morgan fingerprint density at radius 3 is 2.60 bits per heavy atom. The molecule has 1 N–H and O–H groups in total. The molecule has 1 aliphatic rings. The second kappa shape index (κ2) is 5.31. The zero-order valence-electron chi connectivity index (χ0n) is 11.1. The Morgan fingerprint density at radius 1 is 1.40 bits per heavy atom. The van der Waals surface area contributed by atoms with Gasteiger partial charge in [0.2, 0.25) is 0 Å². The molecule has 0 saturated heterocycles. The van der Waals surface area contributed by atoms with Crippen molar-refractivity contribution in [2.45, 2.75) is 58.5 Å². The van der Waals surface area contributed by atoms with Gasteiger partial charge in [0, 0.05) is 12.1 Å². The molecule has 2 unspecified atom stereocenters. The average Bonchev–Trinajstić information content (AvgIpc) is 2.49. The topological polar surface area (TPSA) is 15.3 Å². The first kappa shape index (κ1) is 13.0. The van der Waals surface area contributed by atoms with E-state index >= 15 is 0 Å². The molecule has 0 radical (unpaired) electrons. The van der Waals surface area contributed by atoms with E-state index in [2.05, 4.69) is 45.1 Å². The van der Waals surface area contributed by atoms with Crippen LogP contribution in [0.25, 0.3) is 0 Å². The second-order valence-corrected chi connectivity index (χ2v) is 5.70. The number of nitrogens with one attached hydrogen (secondary N) is 1. The van der Waals surface area contributed by atoms with Gasteiger partial charge in [0.15, 0.2) is 0 Å². The van der Waals surface area contributed by atoms with Crippen LogP contribution in [0.2, 0.25) is 0 Å². The third kappa shape index (κ3) is 2.94. The summed E-state index contributed by atoms with van der Waals surface area (Å²) in [5.41, 5.74) is 0.458. The van der Waals surface area contributed by atoms with E-state index < -0.39 is 0 Å². The number of hydrogen-bond donors (Lipinski definition) is 1. The van der Waals surface area contributed by atoms with Crippen molar-refractivity contribution in [2.75, 3.05) is 20.6 Å². The first-order chi connectivity index (χ1) is 7.03. The molecule has 90 valence electrons. The number of hydrogen-bond acceptors (Lipinski definition) is 2. The van der Waals surface area contributed by atoms with Crippen molar-refractivity contribution < 1.29 is 0 Å². The molecule has 0 aromatic rings. The molecule has 15 heavy (non-hydrogen) atoms. The molecule has 1 saturated carbocycles. The molecule has 2 atom stereocenters. The normalized spacial score (nSPS) is 30.0. The number of likely N-dealkylation sites (N-methyl/N-ethyl adjacent to an activating group) is 2. The van der Waals surface area contributed by atoms with Crippen LogP contribution in [0, 0.1) is 5.41 Å². The van der Waals surface area contributed by atoms with E-state index in [4.69, 9.17) is 0 Å². The lowest BCUT2D eigenvalue weighted by atomic mass is 9.86. The number of rotatable bonds is 5. The molecule has 0 heterocycles. The van der Waals surface area contributed by atoms with Gasteiger partial charge in [0.1, 0.15) is 0 Å². The Hall–Kier alpha value is -0.0800. The predicted octanol–water partition coefficient (Wildman–Crippen LogP) is 2.49. The Balaban J connectivity index is 2.55. The van der Waals surface area contributed by atoms with Crippen molar-refractivity contribution >= 4 is 0 Å². The van der Waals surface area contributed by atoms with Crippen LogP contribution in [-0.4, -0.2) is 37.6 Å². The van der Waals surface area contributed by atoms with Gasteiger partial charge < -0.3 is 10.2 Å². The van der Waals surface area contributed by atoms with Crippen LogP contribution < -0.4 is 5.32 Å². The summed E-state index contributed by atoms with van der Waals surface area (Å²) in [7, 11) is 4.39. The van der Waals surface area contributed by atoms with Crippen LogP contribution in [0.1, 0.15) is 46.5 Å². The molecule has 1 rings (SSSR count). The molecule has 0 aromatic carbocycles. The summed E-state index contributed by atoms with van der Waals surface area (Å²) in [6, 6.07) is 1.39. The summed E-state index contributed by atoms with van der Waals surface area (Å²) in [5, 5.41) is 3.52. The number of unbranched alkanes of at least 4 members (excludes halogenated alkanes) is 1. The maximum Gasteiger partial charge on any atom is 0.0271 e. The van der Waals surface area contributed by atoms with Gasteiger partial charge in [-0.1, -0.05) is 27.2 Å². The SMILES string of the molecule is CCCCN(C)C1CCC(C)(C)C1NC.